The molecular weight excluding hydrogens is 542 g/mol. The molecule has 1 aliphatic heterocycles. The van der Waals surface area contributed by atoms with E-state index in [1.54, 1.807) is 17.0 Å². The second-order valence-corrected chi connectivity index (χ2v) is 12.6. The fourth-order valence-corrected chi connectivity index (χ4v) is 4.62. The van der Waals surface area contributed by atoms with Crippen molar-refractivity contribution in [1.29, 1.82) is 0 Å². The van der Waals surface area contributed by atoms with Gasteiger partial charge in [0.15, 0.2) is 5.82 Å². The van der Waals surface area contributed by atoms with Gasteiger partial charge in [0.05, 0.1) is 12.5 Å². The van der Waals surface area contributed by atoms with Crippen LogP contribution < -0.4 is 14.9 Å². The zero-order chi connectivity index (χ0) is 28.4. The van der Waals surface area contributed by atoms with E-state index in [0.29, 0.717) is 47.7 Å². The van der Waals surface area contributed by atoms with Gasteiger partial charge >= 0.3 is 6.09 Å². The Morgan fingerprint density at radius 2 is 1.97 bits per heavy atom. The summed E-state index contributed by atoms with van der Waals surface area (Å²) in [5.41, 5.74) is 3.11. The summed E-state index contributed by atoms with van der Waals surface area (Å²) in [7, 11) is -2.02. The molecule has 4 rings (SSSR count). The van der Waals surface area contributed by atoms with Crippen molar-refractivity contribution in [2.75, 3.05) is 34.8 Å². The number of aromatic nitrogens is 3. The molecule has 0 unspecified atom stereocenters. The molecule has 0 fully saturated rings. The van der Waals surface area contributed by atoms with Crippen LogP contribution in [0.25, 0.3) is 0 Å². The fourth-order valence-electron chi connectivity index (χ4n) is 3.98. The number of sulfonamides is 1. The van der Waals surface area contributed by atoms with Gasteiger partial charge < -0.3 is 20.3 Å². The van der Waals surface area contributed by atoms with Crippen LogP contribution >= 0.6 is 11.6 Å². The molecule has 1 aliphatic rings. The van der Waals surface area contributed by atoms with Crippen molar-refractivity contribution in [2.45, 2.75) is 45.9 Å². The number of fused-ring (bicyclic) bond motifs is 1. The summed E-state index contributed by atoms with van der Waals surface area (Å²) < 4.78 is 30.6. The smallest absolute Gasteiger partial charge is 0.410 e. The zero-order valence-electron chi connectivity index (χ0n) is 22.5. The minimum Gasteiger partial charge on any atom is -0.444 e. The summed E-state index contributed by atoms with van der Waals surface area (Å²) >= 11 is 6.33. The standard InChI is InChI=1S/C26H32ClN7O4S/c1-26(2,3)38-25(35)34-12-10-17-13-20(9-8-19(17)16-34)31-24-30-15-21(27)22(32-24)29-14-18-7-6-11-28-23(18)33(4)39(5,36)37/h6-9,11,13,15H,10,12,14,16H2,1-5H3,(H2,29,30,31,32). The number of nitrogens with one attached hydrogen (secondary N) is 2. The van der Waals surface area contributed by atoms with Gasteiger partial charge in [-0.3, -0.25) is 4.31 Å². The van der Waals surface area contributed by atoms with E-state index in [4.69, 9.17) is 16.3 Å². The van der Waals surface area contributed by atoms with Gasteiger partial charge in [0.2, 0.25) is 16.0 Å². The van der Waals surface area contributed by atoms with Crippen LogP contribution in [0.4, 0.5) is 28.1 Å². The highest BCUT2D eigenvalue weighted by Gasteiger charge is 2.26. The molecule has 11 nitrogen and oxygen atoms in total. The third kappa shape index (κ3) is 7.27. The summed E-state index contributed by atoms with van der Waals surface area (Å²) in [4.78, 5) is 27.2. The molecule has 3 heterocycles. The number of ether oxygens (including phenoxy) is 1. The number of rotatable bonds is 7. The van der Waals surface area contributed by atoms with Gasteiger partial charge in [-0.1, -0.05) is 23.7 Å². The lowest BCUT2D eigenvalue weighted by Crippen LogP contribution is -2.39. The number of benzene rings is 1. The number of carbonyl (C=O) groups excluding carboxylic acids is 1. The first kappa shape index (κ1) is 28.4. The first-order chi connectivity index (χ1) is 18.3. The van der Waals surface area contributed by atoms with Crippen LogP contribution in [0.5, 0.6) is 0 Å². The maximum atomic E-state index is 12.5. The Kier molecular flexibility index (Phi) is 8.17. The van der Waals surface area contributed by atoms with Crippen LogP contribution in [-0.2, 0) is 34.3 Å². The molecule has 39 heavy (non-hydrogen) atoms. The normalized spacial score (nSPS) is 13.4. The monoisotopic (exact) mass is 573 g/mol. The lowest BCUT2D eigenvalue weighted by molar-refractivity contribution is 0.0224. The predicted molar refractivity (Wildman–Crippen MR) is 152 cm³/mol. The Morgan fingerprint density at radius 1 is 1.21 bits per heavy atom. The number of carbonyl (C=O) groups is 1. The average Bonchev–Trinajstić information content (AvgIpc) is 2.87. The van der Waals surface area contributed by atoms with Crippen LogP contribution in [0.15, 0.2) is 42.7 Å². The van der Waals surface area contributed by atoms with Crippen LogP contribution in [-0.4, -0.2) is 59.8 Å². The Hall–Kier alpha value is -3.64. The third-order valence-electron chi connectivity index (χ3n) is 5.98. The highest BCUT2D eigenvalue weighted by Crippen LogP contribution is 2.27. The molecule has 0 saturated heterocycles. The number of hydrogen-bond acceptors (Lipinski definition) is 9. The first-order valence-electron chi connectivity index (χ1n) is 12.3. The number of nitrogens with zero attached hydrogens (tertiary/aromatic N) is 5. The van der Waals surface area contributed by atoms with Gasteiger partial charge in [0.25, 0.3) is 0 Å². The van der Waals surface area contributed by atoms with Crippen molar-refractivity contribution in [3.8, 4) is 0 Å². The van der Waals surface area contributed by atoms with E-state index < -0.39 is 15.6 Å². The molecule has 0 radical (unpaired) electrons. The number of halogens is 1. The highest BCUT2D eigenvalue weighted by atomic mass is 35.5. The van der Waals surface area contributed by atoms with Crippen molar-refractivity contribution in [1.82, 2.24) is 19.9 Å². The van der Waals surface area contributed by atoms with Crippen LogP contribution in [0.3, 0.4) is 0 Å². The lowest BCUT2D eigenvalue weighted by Gasteiger charge is -2.31. The van der Waals surface area contributed by atoms with E-state index in [-0.39, 0.29) is 12.6 Å². The molecule has 0 atom stereocenters. The van der Waals surface area contributed by atoms with Gasteiger partial charge in [-0.05, 0) is 56.5 Å². The van der Waals surface area contributed by atoms with Crippen molar-refractivity contribution in [2.24, 2.45) is 0 Å². The van der Waals surface area contributed by atoms with E-state index in [1.807, 2.05) is 39.0 Å². The molecule has 1 amide bonds. The predicted octanol–water partition coefficient (Wildman–Crippen LogP) is 4.57. The minimum atomic E-state index is -3.48. The SMILES string of the molecule is CN(c1ncccc1CNc1nc(Nc2ccc3c(c2)CCN(C(=O)OC(C)(C)C)C3)ncc1Cl)S(C)(=O)=O. The largest absolute Gasteiger partial charge is 0.444 e. The number of anilines is 4. The van der Waals surface area contributed by atoms with Crippen LogP contribution in [0, 0.1) is 0 Å². The van der Waals surface area contributed by atoms with Gasteiger partial charge in [-0.25, -0.2) is 23.2 Å². The average molecular weight is 574 g/mol. The Balaban J connectivity index is 1.45. The molecule has 0 saturated carbocycles. The summed E-state index contributed by atoms with van der Waals surface area (Å²) in [6.07, 6.45) is 4.53. The van der Waals surface area contributed by atoms with Gasteiger partial charge in [-0.15, -0.1) is 0 Å². The fraction of sp³-hybridized carbons (Fsp3) is 0.385. The molecule has 208 valence electrons. The van der Waals surface area contributed by atoms with E-state index in [0.717, 1.165) is 27.4 Å². The summed E-state index contributed by atoms with van der Waals surface area (Å²) in [6, 6.07) is 9.42. The second kappa shape index (κ2) is 11.2. The summed E-state index contributed by atoms with van der Waals surface area (Å²) in [6.45, 7) is 6.87. The number of pyridine rings is 1. The lowest BCUT2D eigenvalue weighted by atomic mass is 9.99. The zero-order valence-corrected chi connectivity index (χ0v) is 24.1. The van der Waals surface area contributed by atoms with Crippen molar-refractivity contribution < 1.29 is 17.9 Å². The highest BCUT2D eigenvalue weighted by molar-refractivity contribution is 7.92. The number of amides is 1. The molecule has 2 N–H and O–H groups in total. The molecule has 3 aromatic rings. The maximum Gasteiger partial charge on any atom is 0.410 e. The van der Waals surface area contributed by atoms with E-state index in [1.165, 1.54) is 19.4 Å². The Labute approximate surface area is 233 Å². The van der Waals surface area contributed by atoms with Gasteiger partial charge in [0, 0.05) is 44.1 Å². The van der Waals surface area contributed by atoms with E-state index in [9.17, 15) is 13.2 Å². The number of hydrogen-bond donors (Lipinski definition) is 2. The minimum absolute atomic E-state index is 0.242. The Bertz CT molecular complexity index is 1480. The quantitative estimate of drug-likeness (QED) is 0.417. The first-order valence-corrected chi connectivity index (χ1v) is 14.5. The molecule has 1 aromatic carbocycles. The molecule has 13 heteroatoms. The summed E-state index contributed by atoms with van der Waals surface area (Å²) in [5.74, 6) is 1.04. The molecule has 0 bridgehead atoms. The van der Waals surface area contributed by atoms with Crippen molar-refractivity contribution in [3.63, 3.8) is 0 Å². The van der Waals surface area contributed by atoms with Gasteiger partial charge in [0.1, 0.15) is 16.4 Å². The van der Waals surface area contributed by atoms with E-state index >= 15 is 0 Å². The van der Waals surface area contributed by atoms with Crippen molar-refractivity contribution in [3.05, 3.63) is 64.4 Å². The van der Waals surface area contributed by atoms with E-state index in [2.05, 4.69) is 25.6 Å². The van der Waals surface area contributed by atoms with Gasteiger partial charge in [-0.2, -0.15) is 4.98 Å². The topological polar surface area (TPSA) is 130 Å². The third-order valence-corrected chi connectivity index (χ3v) is 7.42. The van der Waals surface area contributed by atoms with Crippen molar-refractivity contribution >= 4 is 51.0 Å². The molecule has 0 spiro atoms. The maximum absolute atomic E-state index is 12.5. The molecule has 2 aromatic heterocycles. The Morgan fingerprint density at radius 3 is 2.69 bits per heavy atom. The van der Waals surface area contributed by atoms with Crippen LogP contribution in [0.1, 0.15) is 37.5 Å². The van der Waals surface area contributed by atoms with Crippen LogP contribution in [0.2, 0.25) is 5.02 Å². The molecular formula is C26H32ClN7O4S. The molecule has 0 aliphatic carbocycles. The summed E-state index contributed by atoms with van der Waals surface area (Å²) in [5, 5.41) is 6.67. The second-order valence-electron chi connectivity index (χ2n) is 10.2.